The molecular weight excluding hydrogens is 254 g/mol. The van der Waals surface area contributed by atoms with Crippen molar-refractivity contribution in [3.8, 4) is 0 Å². The van der Waals surface area contributed by atoms with Gasteiger partial charge in [0, 0.05) is 7.05 Å². The van der Waals surface area contributed by atoms with E-state index in [2.05, 4.69) is 17.2 Å². The number of aryl methyl sites for hydroxylation is 1. The molecule has 1 heterocycles. The highest BCUT2D eigenvalue weighted by Crippen LogP contribution is 2.14. The zero-order chi connectivity index (χ0) is 14.5. The summed E-state index contributed by atoms with van der Waals surface area (Å²) in [5.74, 6) is 0.0613. The Kier molecular flexibility index (Phi) is 4.74. The molecule has 2 aromatic rings. The van der Waals surface area contributed by atoms with Crippen LogP contribution in [0.1, 0.15) is 32.0 Å². The number of unbranched alkanes of at least 4 members (excludes halogenated alkanes) is 1. The summed E-state index contributed by atoms with van der Waals surface area (Å²) in [4.78, 5) is 15.7. The first-order chi connectivity index (χ1) is 9.63. The Balaban J connectivity index is 2.07. The van der Waals surface area contributed by atoms with Crippen LogP contribution in [0.25, 0.3) is 11.0 Å². The van der Waals surface area contributed by atoms with Gasteiger partial charge >= 0.3 is 5.97 Å². The highest BCUT2D eigenvalue weighted by Gasteiger charge is 2.17. The van der Waals surface area contributed by atoms with E-state index in [4.69, 9.17) is 0 Å². The number of carbonyl (C=O) groups is 1. The van der Waals surface area contributed by atoms with Crippen molar-refractivity contribution in [3.05, 3.63) is 30.1 Å². The molecule has 5 heteroatoms. The first kappa shape index (κ1) is 14.5. The lowest BCUT2D eigenvalue weighted by Gasteiger charge is -2.13. The van der Waals surface area contributed by atoms with E-state index in [1.165, 1.54) is 0 Å². The van der Waals surface area contributed by atoms with Gasteiger partial charge < -0.3 is 9.67 Å². The van der Waals surface area contributed by atoms with Crippen LogP contribution in [0.2, 0.25) is 0 Å². The number of nitrogens with one attached hydrogen (secondary N) is 1. The number of hydrogen-bond donors (Lipinski definition) is 2. The molecule has 0 aliphatic heterocycles. The minimum Gasteiger partial charge on any atom is -0.480 e. The lowest BCUT2D eigenvalue weighted by atomic mass is 10.1. The van der Waals surface area contributed by atoms with Gasteiger partial charge in [0.1, 0.15) is 11.9 Å². The third kappa shape index (κ3) is 3.17. The summed E-state index contributed by atoms with van der Waals surface area (Å²) in [5.41, 5.74) is 2.00. The summed E-state index contributed by atoms with van der Waals surface area (Å²) >= 11 is 0. The van der Waals surface area contributed by atoms with Gasteiger partial charge in [-0.15, -0.1) is 0 Å². The van der Waals surface area contributed by atoms with Crippen LogP contribution >= 0.6 is 0 Å². The summed E-state index contributed by atoms with van der Waals surface area (Å²) in [5, 5.41) is 12.3. The molecule has 0 aliphatic rings. The number of carboxylic acids is 1. The molecule has 2 rings (SSSR count). The molecule has 1 aromatic carbocycles. The lowest BCUT2D eigenvalue weighted by Crippen LogP contribution is -2.36. The molecule has 1 atom stereocenters. The predicted molar refractivity (Wildman–Crippen MR) is 78.5 cm³/mol. The van der Waals surface area contributed by atoms with Gasteiger partial charge in [0.25, 0.3) is 0 Å². The van der Waals surface area contributed by atoms with Crippen LogP contribution in [-0.4, -0.2) is 26.7 Å². The molecule has 0 fully saturated rings. The van der Waals surface area contributed by atoms with Crippen LogP contribution in [0.3, 0.4) is 0 Å². The average molecular weight is 275 g/mol. The zero-order valence-electron chi connectivity index (χ0n) is 12.0. The summed E-state index contributed by atoms with van der Waals surface area (Å²) in [7, 11) is 1.95. The Morgan fingerprint density at radius 1 is 1.45 bits per heavy atom. The second-order valence-electron chi connectivity index (χ2n) is 4.99. The van der Waals surface area contributed by atoms with Crippen LogP contribution < -0.4 is 5.32 Å². The molecule has 20 heavy (non-hydrogen) atoms. The first-order valence-electron chi connectivity index (χ1n) is 7.00. The fraction of sp³-hybridized carbons (Fsp3) is 0.467. The molecule has 1 aromatic heterocycles. The smallest absolute Gasteiger partial charge is 0.320 e. The number of aromatic nitrogens is 2. The molecule has 108 valence electrons. The van der Waals surface area contributed by atoms with Crippen LogP contribution in [0.15, 0.2) is 24.3 Å². The second-order valence-corrected chi connectivity index (χ2v) is 4.99. The molecule has 0 saturated heterocycles. The average Bonchev–Trinajstić information content (AvgIpc) is 2.76. The van der Waals surface area contributed by atoms with Crippen LogP contribution in [-0.2, 0) is 18.4 Å². The maximum Gasteiger partial charge on any atom is 0.320 e. The third-order valence-corrected chi connectivity index (χ3v) is 3.53. The van der Waals surface area contributed by atoms with E-state index in [0.29, 0.717) is 13.0 Å². The number of aliphatic carboxylic acids is 1. The van der Waals surface area contributed by atoms with E-state index in [0.717, 1.165) is 29.7 Å². The van der Waals surface area contributed by atoms with Gasteiger partial charge in [-0.05, 0) is 18.6 Å². The maximum atomic E-state index is 11.2. The number of carboxylic acid groups (broad SMARTS) is 1. The second kappa shape index (κ2) is 6.52. The van der Waals surface area contributed by atoms with Gasteiger partial charge in [0.05, 0.1) is 17.6 Å². The molecule has 5 nitrogen and oxygen atoms in total. The lowest BCUT2D eigenvalue weighted by molar-refractivity contribution is -0.139. The van der Waals surface area contributed by atoms with Gasteiger partial charge in [0.15, 0.2) is 0 Å². The van der Waals surface area contributed by atoms with Crippen LogP contribution in [0, 0.1) is 0 Å². The van der Waals surface area contributed by atoms with Crippen molar-refractivity contribution in [3.63, 3.8) is 0 Å². The Bertz CT molecular complexity index is 592. The Morgan fingerprint density at radius 2 is 2.20 bits per heavy atom. The minimum absolute atomic E-state index is 0.464. The number of fused-ring (bicyclic) bond motifs is 1. The van der Waals surface area contributed by atoms with Crippen molar-refractivity contribution in [2.24, 2.45) is 7.05 Å². The third-order valence-electron chi connectivity index (χ3n) is 3.53. The fourth-order valence-corrected chi connectivity index (χ4v) is 2.29. The topological polar surface area (TPSA) is 67.2 Å². The quantitative estimate of drug-likeness (QED) is 0.813. The largest absolute Gasteiger partial charge is 0.480 e. The first-order valence-corrected chi connectivity index (χ1v) is 7.00. The number of para-hydroxylation sites is 2. The Labute approximate surface area is 118 Å². The molecule has 0 saturated carbocycles. The number of imidazole rings is 1. The summed E-state index contributed by atoms with van der Waals surface area (Å²) in [6.45, 7) is 2.52. The van der Waals surface area contributed by atoms with Gasteiger partial charge in [-0.1, -0.05) is 31.9 Å². The molecule has 0 amide bonds. The van der Waals surface area contributed by atoms with E-state index in [1.54, 1.807) is 0 Å². The summed E-state index contributed by atoms with van der Waals surface area (Å²) < 4.78 is 2.00. The molecular formula is C15H21N3O2. The number of benzene rings is 1. The van der Waals surface area contributed by atoms with Gasteiger partial charge in [-0.3, -0.25) is 10.1 Å². The summed E-state index contributed by atoms with van der Waals surface area (Å²) in [6.07, 6.45) is 2.56. The number of nitrogens with zero attached hydrogens (tertiary/aromatic N) is 2. The molecule has 0 bridgehead atoms. The van der Waals surface area contributed by atoms with Crippen molar-refractivity contribution >= 4 is 17.0 Å². The van der Waals surface area contributed by atoms with Crippen molar-refractivity contribution in [2.75, 3.05) is 0 Å². The SMILES string of the molecule is CCCCC(NCc1nc2ccccc2n1C)C(=O)O. The molecule has 1 unspecified atom stereocenters. The monoisotopic (exact) mass is 275 g/mol. The van der Waals surface area contributed by atoms with Gasteiger partial charge in [-0.2, -0.15) is 0 Å². The highest BCUT2D eigenvalue weighted by atomic mass is 16.4. The Hall–Kier alpha value is -1.88. The van der Waals surface area contributed by atoms with Crippen LogP contribution in [0.5, 0.6) is 0 Å². The highest BCUT2D eigenvalue weighted by molar-refractivity contribution is 5.76. The van der Waals surface area contributed by atoms with E-state index in [9.17, 15) is 9.90 Å². The van der Waals surface area contributed by atoms with Crippen LogP contribution in [0.4, 0.5) is 0 Å². The van der Waals surface area contributed by atoms with Gasteiger partial charge in [0.2, 0.25) is 0 Å². The van der Waals surface area contributed by atoms with E-state index < -0.39 is 12.0 Å². The van der Waals surface area contributed by atoms with Crippen molar-refractivity contribution in [1.29, 1.82) is 0 Å². The minimum atomic E-state index is -0.794. The standard InChI is InChI=1S/C15H21N3O2/c1-3-4-7-12(15(19)20)16-10-14-17-11-8-5-6-9-13(11)18(14)2/h5-6,8-9,12,16H,3-4,7,10H2,1-2H3,(H,19,20). The normalized spacial score (nSPS) is 12.7. The predicted octanol–water partition coefficient (Wildman–Crippen LogP) is 2.31. The van der Waals surface area contributed by atoms with Crippen molar-refractivity contribution < 1.29 is 9.90 Å². The zero-order valence-corrected chi connectivity index (χ0v) is 12.0. The molecule has 2 N–H and O–H groups in total. The van der Waals surface area contributed by atoms with Crippen molar-refractivity contribution in [2.45, 2.75) is 38.8 Å². The van der Waals surface area contributed by atoms with Crippen molar-refractivity contribution in [1.82, 2.24) is 14.9 Å². The molecule has 0 radical (unpaired) electrons. The van der Waals surface area contributed by atoms with E-state index >= 15 is 0 Å². The maximum absolute atomic E-state index is 11.2. The summed E-state index contributed by atoms with van der Waals surface area (Å²) in [6, 6.07) is 7.40. The van der Waals surface area contributed by atoms with Gasteiger partial charge in [-0.25, -0.2) is 4.98 Å². The molecule has 0 aliphatic carbocycles. The Morgan fingerprint density at radius 3 is 2.85 bits per heavy atom. The fourth-order valence-electron chi connectivity index (χ4n) is 2.29. The van der Waals surface area contributed by atoms with E-state index in [-0.39, 0.29) is 0 Å². The number of hydrogen-bond acceptors (Lipinski definition) is 3. The number of rotatable bonds is 7. The van der Waals surface area contributed by atoms with E-state index in [1.807, 2.05) is 35.9 Å². The molecule has 0 spiro atoms.